The van der Waals surface area contributed by atoms with Gasteiger partial charge in [-0.05, 0) is 124 Å². The maximum Gasteiger partial charge on any atom is 0.192 e. The number of hydrogen-bond acceptors (Lipinski definition) is 2. The first kappa shape index (κ1) is 29.9. The number of allylic oxidation sites excluding steroid dienone is 3. The van der Waals surface area contributed by atoms with Gasteiger partial charge in [-0.1, -0.05) is 71.8 Å². The van der Waals surface area contributed by atoms with Crippen LogP contribution in [0.5, 0.6) is 0 Å². The van der Waals surface area contributed by atoms with Gasteiger partial charge >= 0.3 is 0 Å². The van der Waals surface area contributed by atoms with Crippen LogP contribution in [-0.4, -0.2) is 25.1 Å². The Kier molecular flexibility index (Phi) is 9.33. The van der Waals surface area contributed by atoms with Gasteiger partial charge in [0.2, 0.25) is 0 Å². The Hall–Kier alpha value is -0.643. The Morgan fingerprint density at radius 1 is 1.08 bits per heavy atom. The highest BCUT2D eigenvalue weighted by Crippen LogP contribution is 2.60. The van der Waals surface area contributed by atoms with Crippen LogP contribution in [0.3, 0.4) is 0 Å². The van der Waals surface area contributed by atoms with E-state index in [1.54, 1.807) is 5.57 Å². The lowest BCUT2D eigenvalue weighted by atomic mass is 9.60. The molecule has 0 bridgehead atoms. The molecule has 0 aliphatic heterocycles. The Morgan fingerprint density at radius 3 is 2.42 bits per heavy atom. The van der Waals surface area contributed by atoms with E-state index in [-0.39, 0.29) is 11.1 Å². The topological polar surface area (TPSA) is 29.5 Å². The van der Waals surface area contributed by atoms with Gasteiger partial charge in [-0.25, -0.2) is 0 Å². The minimum absolute atomic E-state index is 0.196. The van der Waals surface area contributed by atoms with Crippen LogP contribution in [-0.2, 0) is 4.43 Å². The maximum atomic E-state index is 10.1. The van der Waals surface area contributed by atoms with Crippen molar-refractivity contribution in [1.29, 1.82) is 0 Å². The first-order valence-corrected chi connectivity index (χ1v) is 17.9. The summed E-state index contributed by atoms with van der Waals surface area (Å²) in [5.41, 5.74) is 4.27. The molecule has 0 radical (unpaired) electrons. The van der Waals surface area contributed by atoms with Crippen molar-refractivity contribution in [3.05, 3.63) is 35.5 Å². The van der Waals surface area contributed by atoms with Crippen molar-refractivity contribution < 1.29 is 9.53 Å². The summed E-state index contributed by atoms with van der Waals surface area (Å²) >= 11 is 0. The molecule has 0 amide bonds. The van der Waals surface area contributed by atoms with E-state index in [1.165, 1.54) is 56.1 Å². The fraction of sp³-hybridized carbons (Fsp3) is 0.818. The summed E-state index contributed by atoms with van der Waals surface area (Å²) < 4.78 is 6.82. The van der Waals surface area contributed by atoms with Gasteiger partial charge in [0.25, 0.3) is 0 Å². The highest BCUT2D eigenvalue weighted by atomic mass is 28.4. The summed E-state index contributed by atoms with van der Waals surface area (Å²) in [5.74, 6) is 2.29. The molecule has 0 spiro atoms. The molecule has 3 heteroatoms. The Morgan fingerprint density at radius 2 is 1.78 bits per heavy atom. The third kappa shape index (κ3) is 6.86. The van der Waals surface area contributed by atoms with Crippen LogP contribution in [0.25, 0.3) is 0 Å². The molecule has 3 fully saturated rings. The molecule has 36 heavy (non-hydrogen) atoms. The van der Waals surface area contributed by atoms with Gasteiger partial charge in [0, 0.05) is 0 Å². The van der Waals surface area contributed by atoms with Crippen molar-refractivity contribution in [3.63, 3.8) is 0 Å². The lowest BCUT2D eigenvalue weighted by Crippen LogP contribution is -2.45. The molecule has 2 nitrogen and oxygen atoms in total. The molecule has 0 aromatic rings. The van der Waals surface area contributed by atoms with Gasteiger partial charge in [0.05, 0.1) is 11.7 Å². The van der Waals surface area contributed by atoms with E-state index in [4.69, 9.17) is 4.43 Å². The van der Waals surface area contributed by atoms with Crippen molar-refractivity contribution in [1.82, 2.24) is 0 Å². The normalized spacial score (nSPS) is 33.3. The average Bonchev–Trinajstić information content (AvgIpc) is 3.10. The number of aliphatic hydroxyl groups is 1. The fourth-order valence-electron chi connectivity index (χ4n) is 7.35. The molecule has 5 atom stereocenters. The van der Waals surface area contributed by atoms with Crippen LogP contribution in [0, 0.1) is 23.2 Å². The van der Waals surface area contributed by atoms with Gasteiger partial charge in [-0.3, -0.25) is 0 Å². The van der Waals surface area contributed by atoms with Crippen LogP contribution >= 0.6 is 0 Å². The fourth-order valence-corrected chi connectivity index (χ4v) is 8.68. The molecule has 0 heterocycles. The second kappa shape index (κ2) is 11.2. The second-order valence-corrected chi connectivity index (χ2v) is 19.8. The number of fused-ring (bicyclic) bond motifs is 1. The van der Waals surface area contributed by atoms with Crippen molar-refractivity contribution in [2.24, 2.45) is 23.2 Å². The molecule has 3 aliphatic carbocycles. The van der Waals surface area contributed by atoms with E-state index in [9.17, 15) is 5.11 Å². The van der Waals surface area contributed by atoms with Crippen molar-refractivity contribution >= 4 is 8.32 Å². The van der Waals surface area contributed by atoms with Gasteiger partial charge < -0.3 is 9.53 Å². The van der Waals surface area contributed by atoms with E-state index in [1.807, 2.05) is 13.8 Å². The summed E-state index contributed by atoms with van der Waals surface area (Å²) in [6, 6.07) is 0. The number of rotatable bonds is 8. The van der Waals surface area contributed by atoms with Crippen LogP contribution < -0.4 is 0 Å². The molecular weight excluding hydrogens is 456 g/mol. The lowest BCUT2D eigenvalue weighted by molar-refractivity contribution is 0.0596. The highest BCUT2D eigenvalue weighted by molar-refractivity contribution is 6.74. The minimum Gasteiger partial charge on any atom is -0.410 e. The Labute approximate surface area is 225 Å². The smallest absolute Gasteiger partial charge is 0.192 e. The maximum absolute atomic E-state index is 10.1. The van der Waals surface area contributed by atoms with E-state index in [0.717, 1.165) is 43.4 Å². The van der Waals surface area contributed by atoms with Crippen LogP contribution in [0.4, 0.5) is 0 Å². The van der Waals surface area contributed by atoms with Crippen LogP contribution in [0.2, 0.25) is 18.1 Å². The molecule has 0 aromatic heterocycles. The Bertz CT molecular complexity index is 837. The molecule has 3 rings (SSSR count). The molecule has 5 unspecified atom stereocenters. The first-order chi connectivity index (χ1) is 16.6. The second-order valence-electron chi connectivity index (χ2n) is 15.0. The van der Waals surface area contributed by atoms with Crippen LogP contribution in [0.15, 0.2) is 35.5 Å². The van der Waals surface area contributed by atoms with E-state index >= 15 is 0 Å². The predicted octanol–water partition coefficient (Wildman–Crippen LogP) is 9.76. The average molecular weight is 515 g/mol. The standard InChI is InChI=1S/C33H58O2Si/c1-24(14-12-22-32(6,7)34)28-20-21-29-27(16-13-23-33(28,29)8)19-18-26-15-11-17-30(25(26)2)35-36(9,10)31(3,4)5/h18-19,24,28-30,34H,2,11-17,20-23H2,1,3-10H3. The zero-order chi connectivity index (χ0) is 26.9. The Balaban J connectivity index is 1.70. The van der Waals surface area contributed by atoms with Crippen LogP contribution in [0.1, 0.15) is 119 Å². The van der Waals surface area contributed by atoms with Gasteiger partial charge in [0.15, 0.2) is 8.32 Å². The molecule has 0 aromatic carbocycles. The molecule has 3 aliphatic rings. The highest BCUT2D eigenvalue weighted by Gasteiger charge is 2.50. The molecule has 0 saturated heterocycles. The van der Waals surface area contributed by atoms with Gasteiger partial charge in [-0.2, -0.15) is 0 Å². The van der Waals surface area contributed by atoms with Crippen molar-refractivity contribution in [2.75, 3.05) is 0 Å². The van der Waals surface area contributed by atoms with E-state index in [0.29, 0.717) is 5.41 Å². The van der Waals surface area contributed by atoms with Crippen molar-refractivity contribution in [3.8, 4) is 0 Å². The SMILES string of the molecule is C=C1C(=CC=C2CCCC3(C)C2CCC3C(C)CCCC(C)(C)O)CCCC1O[Si](C)(C)C(C)(C)C. The molecule has 3 saturated carbocycles. The first-order valence-electron chi connectivity index (χ1n) is 15.0. The van der Waals surface area contributed by atoms with E-state index < -0.39 is 13.9 Å². The quantitative estimate of drug-likeness (QED) is 0.327. The summed E-state index contributed by atoms with van der Waals surface area (Å²) in [6.45, 7) is 25.2. The predicted molar refractivity (Wildman–Crippen MR) is 159 cm³/mol. The third-order valence-electron chi connectivity index (χ3n) is 10.6. The number of hydrogen-bond donors (Lipinski definition) is 1. The molecular formula is C33H58O2Si. The summed E-state index contributed by atoms with van der Waals surface area (Å²) in [4.78, 5) is 0. The van der Waals surface area contributed by atoms with Gasteiger partial charge in [0.1, 0.15) is 0 Å². The largest absolute Gasteiger partial charge is 0.410 e. The molecule has 1 N–H and O–H groups in total. The summed E-state index contributed by atoms with van der Waals surface area (Å²) in [5, 5.41) is 10.4. The zero-order valence-electron chi connectivity index (χ0n) is 25.3. The van der Waals surface area contributed by atoms with Crippen molar-refractivity contribution in [2.45, 2.75) is 149 Å². The summed E-state index contributed by atoms with van der Waals surface area (Å²) in [6.07, 6.45) is 18.6. The monoisotopic (exact) mass is 514 g/mol. The molecule has 206 valence electrons. The van der Waals surface area contributed by atoms with Gasteiger partial charge in [-0.15, -0.1) is 0 Å². The lowest BCUT2D eigenvalue weighted by Gasteiger charge is -2.44. The van der Waals surface area contributed by atoms with E-state index in [2.05, 4.69) is 66.4 Å². The zero-order valence-corrected chi connectivity index (χ0v) is 26.3. The summed E-state index contributed by atoms with van der Waals surface area (Å²) in [7, 11) is -1.80. The third-order valence-corrected chi connectivity index (χ3v) is 15.1. The minimum atomic E-state index is -1.80.